The predicted molar refractivity (Wildman–Crippen MR) is 87.7 cm³/mol. The van der Waals surface area contributed by atoms with Crippen molar-refractivity contribution < 1.29 is 29.3 Å². The largest absolute Gasteiger partial charge is 0.478 e. The van der Waals surface area contributed by atoms with Gasteiger partial charge in [-0.1, -0.05) is 0 Å². The maximum atomic E-state index is 11.7. The lowest BCUT2D eigenvalue weighted by molar-refractivity contribution is 0.0502. The van der Waals surface area contributed by atoms with Crippen molar-refractivity contribution in [1.82, 2.24) is 15.1 Å². The minimum Gasteiger partial charge on any atom is -0.478 e. The van der Waals surface area contributed by atoms with Gasteiger partial charge in [-0.25, -0.2) is 14.4 Å². The number of carbonyl (C=O) groups excluding carboxylic acids is 1. The molecule has 1 aromatic rings. The number of ether oxygens (including phenoxy) is 1. The van der Waals surface area contributed by atoms with Crippen LogP contribution in [0.2, 0.25) is 0 Å². The van der Waals surface area contributed by atoms with Gasteiger partial charge in [-0.3, -0.25) is 4.68 Å². The Morgan fingerprint density at radius 1 is 1.30 bits per heavy atom. The minimum absolute atomic E-state index is 0.00976. The van der Waals surface area contributed by atoms with Gasteiger partial charge in [0.05, 0.1) is 6.54 Å². The number of carboxylic acid groups (broad SMARTS) is 2. The number of alkyl carbamates (subject to hydrolysis) is 1. The highest BCUT2D eigenvalue weighted by Gasteiger charge is 2.28. The smallest absolute Gasteiger partial charge is 0.407 e. The van der Waals surface area contributed by atoms with Gasteiger partial charge >= 0.3 is 18.0 Å². The standard InChI is InChI=1S/C13H18IN3O6/c1-6(15-12(22)23-13(2,3)4)5-17-8(11(20)21)7(10(18)19)9(14)16-17/h6H,5H2,1-4H3,(H,15,22)(H,18,19)(H,20,21). The van der Waals surface area contributed by atoms with Gasteiger partial charge in [0, 0.05) is 6.04 Å². The Labute approximate surface area is 146 Å². The minimum atomic E-state index is -1.40. The van der Waals surface area contributed by atoms with Crippen LogP contribution in [0.5, 0.6) is 0 Å². The van der Waals surface area contributed by atoms with E-state index in [9.17, 15) is 19.5 Å². The van der Waals surface area contributed by atoms with E-state index in [0.717, 1.165) is 4.68 Å². The Morgan fingerprint density at radius 2 is 1.87 bits per heavy atom. The third-order valence-corrected chi connectivity index (χ3v) is 3.29. The molecule has 23 heavy (non-hydrogen) atoms. The van der Waals surface area contributed by atoms with E-state index in [0.29, 0.717) is 0 Å². The Kier molecular flexibility index (Phi) is 5.97. The van der Waals surface area contributed by atoms with E-state index in [1.807, 2.05) is 0 Å². The maximum Gasteiger partial charge on any atom is 0.407 e. The molecule has 10 heteroatoms. The second-order valence-corrected chi connectivity index (χ2v) is 6.88. The van der Waals surface area contributed by atoms with E-state index in [1.165, 1.54) is 0 Å². The van der Waals surface area contributed by atoms with Crippen molar-refractivity contribution in [3.05, 3.63) is 15.0 Å². The molecule has 0 spiro atoms. The molecule has 0 saturated carbocycles. The van der Waals surface area contributed by atoms with Crippen molar-refractivity contribution in [2.45, 2.75) is 45.9 Å². The number of carboxylic acids is 2. The monoisotopic (exact) mass is 439 g/mol. The zero-order valence-corrected chi connectivity index (χ0v) is 15.2. The lowest BCUT2D eigenvalue weighted by atomic mass is 10.2. The van der Waals surface area contributed by atoms with Crippen molar-refractivity contribution in [3.63, 3.8) is 0 Å². The summed E-state index contributed by atoms with van der Waals surface area (Å²) < 4.78 is 6.22. The predicted octanol–water partition coefficient (Wildman–Crippen LogP) is 1.80. The fourth-order valence-corrected chi connectivity index (χ4v) is 2.53. The number of aromatic nitrogens is 2. The molecule has 0 saturated heterocycles. The molecule has 1 amide bonds. The van der Waals surface area contributed by atoms with Crippen LogP contribution in [-0.2, 0) is 11.3 Å². The fourth-order valence-electron chi connectivity index (χ4n) is 1.79. The number of nitrogens with one attached hydrogen (secondary N) is 1. The summed E-state index contributed by atoms with van der Waals surface area (Å²) in [6.07, 6.45) is -0.651. The summed E-state index contributed by atoms with van der Waals surface area (Å²) in [5, 5.41) is 24.8. The molecular formula is C13H18IN3O6. The number of halogens is 1. The molecule has 1 rings (SSSR count). The van der Waals surface area contributed by atoms with Gasteiger partial charge in [0.1, 0.15) is 14.9 Å². The third-order valence-electron chi connectivity index (χ3n) is 2.54. The maximum absolute atomic E-state index is 11.7. The van der Waals surface area contributed by atoms with E-state index < -0.39 is 35.4 Å². The summed E-state index contributed by atoms with van der Waals surface area (Å²) in [5.41, 5.74) is -1.46. The highest BCUT2D eigenvalue weighted by Crippen LogP contribution is 2.17. The van der Waals surface area contributed by atoms with E-state index >= 15 is 0 Å². The van der Waals surface area contributed by atoms with Crippen LogP contribution in [0.4, 0.5) is 4.79 Å². The zero-order valence-electron chi connectivity index (χ0n) is 13.1. The Balaban J connectivity index is 2.93. The molecule has 1 aromatic heterocycles. The molecule has 1 heterocycles. The zero-order chi connectivity index (χ0) is 17.9. The lowest BCUT2D eigenvalue weighted by Gasteiger charge is -2.22. The summed E-state index contributed by atoms with van der Waals surface area (Å²) >= 11 is 1.66. The van der Waals surface area contributed by atoms with Gasteiger partial charge in [-0.05, 0) is 50.3 Å². The van der Waals surface area contributed by atoms with Gasteiger partial charge in [-0.15, -0.1) is 0 Å². The number of nitrogens with zero attached hydrogens (tertiary/aromatic N) is 2. The van der Waals surface area contributed by atoms with E-state index in [4.69, 9.17) is 9.84 Å². The Morgan fingerprint density at radius 3 is 2.30 bits per heavy atom. The van der Waals surface area contributed by atoms with Crippen molar-refractivity contribution in [1.29, 1.82) is 0 Å². The van der Waals surface area contributed by atoms with Crippen molar-refractivity contribution >= 4 is 40.6 Å². The lowest BCUT2D eigenvalue weighted by Crippen LogP contribution is -2.40. The molecule has 1 atom stereocenters. The van der Waals surface area contributed by atoms with Crippen LogP contribution in [0.15, 0.2) is 0 Å². The Hall–Kier alpha value is -1.85. The normalized spacial score (nSPS) is 12.6. The number of aromatic carboxylic acids is 2. The highest BCUT2D eigenvalue weighted by atomic mass is 127. The molecule has 0 radical (unpaired) electrons. The molecule has 1 unspecified atom stereocenters. The van der Waals surface area contributed by atoms with E-state index in [2.05, 4.69) is 10.4 Å². The van der Waals surface area contributed by atoms with Crippen LogP contribution in [0.1, 0.15) is 48.5 Å². The number of amides is 1. The van der Waals surface area contributed by atoms with Crippen LogP contribution in [0, 0.1) is 3.70 Å². The molecule has 0 aliphatic rings. The SMILES string of the molecule is CC(Cn1nc(I)c(C(=O)O)c1C(=O)O)NC(=O)OC(C)(C)C. The fraction of sp³-hybridized carbons (Fsp3) is 0.538. The summed E-state index contributed by atoms with van der Waals surface area (Å²) in [4.78, 5) is 34.2. The summed E-state index contributed by atoms with van der Waals surface area (Å²) in [5.74, 6) is -2.77. The van der Waals surface area contributed by atoms with E-state index in [-0.39, 0.29) is 15.8 Å². The number of carbonyl (C=O) groups is 3. The summed E-state index contributed by atoms with van der Waals surface area (Å²) in [6, 6.07) is -0.514. The Bertz CT molecular complexity index is 634. The second-order valence-electron chi connectivity index (χ2n) is 5.85. The van der Waals surface area contributed by atoms with Crippen LogP contribution in [0.3, 0.4) is 0 Å². The molecule has 128 valence electrons. The first-order valence-electron chi connectivity index (χ1n) is 6.64. The van der Waals surface area contributed by atoms with Crippen molar-refractivity contribution in [2.24, 2.45) is 0 Å². The average molecular weight is 439 g/mol. The third kappa shape index (κ3) is 5.37. The van der Waals surface area contributed by atoms with Crippen LogP contribution in [-0.4, -0.2) is 49.7 Å². The first-order chi connectivity index (χ1) is 10.4. The number of hydrogen-bond acceptors (Lipinski definition) is 5. The molecular weight excluding hydrogens is 421 g/mol. The van der Waals surface area contributed by atoms with Gasteiger partial charge in [0.2, 0.25) is 0 Å². The molecule has 3 N–H and O–H groups in total. The molecule has 9 nitrogen and oxygen atoms in total. The number of rotatable bonds is 5. The van der Waals surface area contributed by atoms with Crippen molar-refractivity contribution in [2.75, 3.05) is 0 Å². The van der Waals surface area contributed by atoms with Gasteiger partial charge < -0.3 is 20.3 Å². The summed E-state index contributed by atoms with van der Waals surface area (Å²) in [6.45, 7) is 6.77. The van der Waals surface area contributed by atoms with E-state index in [1.54, 1.807) is 50.3 Å². The molecule has 0 fully saturated rings. The van der Waals surface area contributed by atoms with Gasteiger partial charge in [0.15, 0.2) is 5.69 Å². The second kappa shape index (κ2) is 7.15. The molecule has 0 aliphatic heterocycles. The van der Waals surface area contributed by atoms with Gasteiger partial charge in [-0.2, -0.15) is 5.10 Å². The van der Waals surface area contributed by atoms with Gasteiger partial charge in [0.25, 0.3) is 0 Å². The quantitative estimate of drug-likeness (QED) is 0.597. The summed E-state index contributed by atoms with van der Waals surface area (Å²) in [7, 11) is 0. The first-order valence-corrected chi connectivity index (χ1v) is 7.72. The van der Waals surface area contributed by atoms with Crippen LogP contribution >= 0.6 is 22.6 Å². The first kappa shape index (κ1) is 19.2. The molecule has 0 aromatic carbocycles. The number of hydrogen-bond donors (Lipinski definition) is 3. The van der Waals surface area contributed by atoms with Crippen molar-refractivity contribution in [3.8, 4) is 0 Å². The molecule has 0 aliphatic carbocycles. The van der Waals surface area contributed by atoms with Crippen LogP contribution in [0.25, 0.3) is 0 Å². The highest BCUT2D eigenvalue weighted by molar-refractivity contribution is 14.1. The van der Waals surface area contributed by atoms with Crippen LogP contribution < -0.4 is 5.32 Å². The topological polar surface area (TPSA) is 131 Å². The molecule has 0 bridgehead atoms. The average Bonchev–Trinajstić information content (AvgIpc) is 2.62.